The van der Waals surface area contributed by atoms with Gasteiger partial charge in [-0.05, 0) is 37.1 Å². The van der Waals surface area contributed by atoms with Gasteiger partial charge in [-0.3, -0.25) is 4.79 Å². The molecule has 0 unspecified atom stereocenters. The van der Waals surface area contributed by atoms with Crippen LogP contribution in [-0.2, 0) is 14.8 Å². The van der Waals surface area contributed by atoms with Gasteiger partial charge in [-0.2, -0.15) is 4.31 Å². The summed E-state index contributed by atoms with van der Waals surface area (Å²) in [4.78, 5) is 12.1. The molecule has 0 radical (unpaired) electrons. The minimum absolute atomic E-state index is 0.114. The van der Waals surface area contributed by atoms with E-state index in [2.05, 4.69) is 5.32 Å². The minimum Gasteiger partial charge on any atom is -0.353 e. The summed E-state index contributed by atoms with van der Waals surface area (Å²) in [7, 11) is -3.35. The zero-order valence-corrected chi connectivity index (χ0v) is 14.2. The average molecular weight is 342 g/mol. The number of hydrogen-bond donors (Lipinski definition) is 1. The van der Waals surface area contributed by atoms with E-state index in [1.54, 1.807) is 17.5 Å². The molecular weight excluding hydrogens is 320 g/mol. The Morgan fingerprint density at radius 3 is 2.45 bits per heavy atom. The van der Waals surface area contributed by atoms with Gasteiger partial charge >= 0.3 is 0 Å². The standard InChI is InChI=1S/C15H22N2O3S2/c18-15(12-4-1-2-5-12)16-13-7-9-17(10-8-13)22(19,20)14-6-3-11-21-14/h3,6,11-13H,1-2,4-5,7-10H2,(H,16,18). The first kappa shape index (κ1) is 16.0. The molecule has 2 fully saturated rings. The van der Waals surface area contributed by atoms with Gasteiger partial charge in [0.05, 0.1) is 0 Å². The molecule has 5 nitrogen and oxygen atoms in total. The third-order valence-corrected chi connectivity index (χ3v) is 7.89. The lowest BCUT2D eigenvalue weighted by molar-refractivity contribution is -0.125. The van der Waals surface area contributed by atoms with E-state index in [0.717, 1.165) is 25.7 Å². The van der Waals surface area contributed by atoms with Crippen LogP contribution >= 0.6 is 11.3 Å². The Balaban J connectivity index is 1.53. The Morgan fingerprint density at radius 2 is 1.86 bits per heavy atom. The van der Waals surface area contributed by atoms with Crippen LogP contribution in [0.25, 0.3) is 0 Å². The second-order valence-electron chi connectivity index (χ2n) is 6.10. The van der Waals surface area contributed by atoms with Crippen LogP contribution in [0.2, 0.25) is 0 Å². The van der Waals surface area contributed by atoms with Crippen molar-refractivity contribution >= 4 is 27.3 Å². The molecule has 0 bridgehead atoms. The van der Waals surface area contributed by atoms with Crippen LogP contribution in [0.5, 0.6) is 0 Å². The molecule has 0 aromatic carbocycles. The quantitative estimate of drug-likeness (QED) is 0.912. The Bertz CT molecular complexity index is 599. The number of rotatable bonds is 4. The third-order valence-electron chi connectivity index (χ3n) is 4.62. The smallest absolute Gasteiger partial charge is 0.252 e. The van der Waals surface area contributed by atoms with E-state index >= 15 is 0 Å². The van der Waals surface area contributed by atoms with Crippen LogP contribution < -0.4 is 5.32 Å². The summed E-state index contributed by atoms with van der Waals surface area (Å²) in [5, 5.41) is 4.89. The van der Waals surface area contributed by atoms with Crippen LogP contribution in [0, 0.1) is 5.92 Å². The van der Waals surface area contributed by atoms with E-state index in [-0.39, 0.29) is 17.9 Å². The van der Waals surface area contributed by atoms with Gasteiger partial charge in [0, 0.05) is 25.0 Å². The fraction of sp³-hybridized carbons (Fsp3) is 0.667. The minimum atomic E-state index is -3.35. The lowest BCUT2D eigenvalue weighted by atomic mass is 10.0. The predicted molar refractivity (Wildman–Crippen MR) is 86.2 cm³/mol. The molecule has 1 saturated carbocycles. The van der Waals surface area contributed by atoms with Gasteiger partial charge in [-0.15, -0.1) is 11.3 Å². The van der Waals surface area contributed by atoms with Crippen molar-refractivity contribution in [2.24, 2.45) is 5.92 Å². The Kier molecular flexibility index (Phi) is 4.84. The van der Waals surface area contributed by atoms with E-state index in [1.807, 2.05) is 0 Å². The molecule has 1 N–H and O–H groups in total. The van der Waals surface area contributed by atoms with E-state index in [9.17, 15) is 13.2 Å². The maximum atomic E-state index is 12.4. The lowest BCUT2D eigenvalue weighted by Gasteiger charge is -2.31. The van der Waals surface area contributed by atoms with Crippen molar-refractivity contribution in [3.8, 4) is 0 Å². The highest BCUT2D eigenvalue weighted by Gasteiger charge is 2.31. The molecule has 1 aliphatic heterocycles. The highest BCUT2D eigenvalue weighted by molar-refractivity contribution is 7.91. The lowest BCUT2D eigenvalue weighted by Crippen LogP contribution is -2.47. The molecule has 1 saturated heterocycles. The monoisotopic (exact) mass is 342 g/mol. The van der Waals surface area contributed by atoms with Crippen molar-refractivity contribution in [1.82, 2.24) is 9.62 Å². The number of amides is 1. The molecule has 1 aromatic rings. The van der Waals surface area contributed by atoms with E-state index < -0.39 is 10.0 Å². The third kappa shape index (κ3) is 3.36. The average Bonchev–Trinajstić information content (AvgIpc) is 3.21. The fourth-order valence-electron chi connectivity index (χ4n) is 3.29. The zero-order chi connectivity index (χ0) is 15.6. The predicted octanol–water partition coefficient (Wildman–Crippen LogP) is 2.21. The van der Waals surface area contributed by atoms with Crippen molar-refractivity contribution in [2.75, 3.05) is 13.1 Å². The van der Waals surface area contributed by atoms with Crippen molar-refractivity contribution < 1.29 is 13.2 Å². The van der Waals surface area contributed by atoms with Gasteiger partial charge in [0.2, 0.25) is 5.91 Å². The number of sulfonamides is 1. The number of nitrogens with zero attached hydrogens (tertiary/aromatic N) is 1. The molecule has 1 amide bonds. The number of carbonyl (C=O) groups is 1. The summed E-state index contributed by atoms with van der Waals surface area (Å²) in [5.41, 5.74) is 0. The highest BCUT2D eigenvalue weighted by Crippen LogP contribution is 2.26. The first-order chi connectivity index (χ1) is 10.6. The number of piperidine rings is 1. The highest BCUT2D eigenvalue weighted by atomic mass is 32.2. The first-order valence-corrected chi connectivity index (χ1v) is 10.2. The SMILES string of the molecule is O=C(NC1CCN(S(=O)(=O)c2cccs2)CC1)C1CCCC1. The fourth-order valence-corrected chi connectivity index (χ4v) is 5.90. The van der Waals surface area contributed by atoms with Gasteiger partial charge in [0.15, 0.2) is 0 Å². The molecule has 122 valence electrons. The van der Waals surface area contributed by atoms with Crippen molar-refractivity contribution in [2.45, 2.75) is 48.8 Å². The van der Waals surface area contributed by atoms with E-state index in [1.165, 1.54) is 15.6 Å². The summed E-state index contributed by atoms with van der Waals surface area (Å²) in [5.74, 6) is 0.338. The van der Waals surface area contributed by atoms with Crippen LogP contribution in [-0.4, -0.2) is 37.8 Å². The van der Waals surface area contributed by atoms with Crippen molar-refractivity contribution in [1.29, 1.82) is 0 Å². The zero-order valence-electron chi connectivity index (χ0n) is 12.5. The summed E-state index contributed by atoms with van der Waals surface area (Å²) in [6.45, 7) is 0.964. The van der Waals surface area contributed by atoms with Crippen LogP contribution in [0.4, 0.5) is 0 Å². The maximum Gasteiger partial charge on any atom is 0.252 e. The molecule has 7 heteroatoms. The van der Waals surface area contributed by atoms with Crippen molar-refractivity contribution in [3.63, 3.8) is 0 Å². The number of thiophene rings is 1. The van der Waals surface area contributed by atoms with E-state index in [4.69, 9.17) is 0 Å². The van der Waals surface area contributed by atoms with Crippen LogP contribution in [0.3, 0.4) is 0 Å². The Hall–Kier alpha value is -0.920. The molecule has 1 aromatic heterocycles. The summed E-state index contributed by atoms with van der Waals surface area (Å²) >= 11 is 1.25. The Labute approximate surface area is 135 Å². The second-order valence-corrected chi connectivity index (χ2v) is 9.21. The molecular formula is C15H22N2O3S2. The van der Waals surface area contributed by atoms with Gasteiger partial charge in [0.1, 0.15) is 4.21 Å². The van der Waals surface area contributed by atoms with Gasteiger partial charge in [-0.1, -0.05) is 18.9 Å². The van der Waals surface area contributed by atoms with E-state index in [0.29, 0.717) is 30.1 Å². The Morgan fingerprint density at radius 1 is 1.18 bits per heavy atom. The summed E-state index contributed by atoms with van der Waals surface area (Å²) < 4.78 is 26.8. The summed E-state index contributed by atoms with van der Waals surface area (Å²) in [6, 6.07) is 3.52. The normalized spacial score (nSPS) is 22.0. The molecule has 1 aliphatic carbocycles. The molecule has 2 heterocycles. The molecule has 2 aliphatic rings. The maximum absolute atomic E-state index is 12.4. The number of nitrogens with one attached hydrogen (secondary N) is 1. The topological polar surface area (TPSA) is 66.5 Å². The molecule has 22 heavy (non-hydrogen) atoms. The van der Waals surface area contributed by atoms with Crippen LogP contribution in [0.15, 0.2) is 21.7 Å². The first-order valence-electron chi connectivity index (χ1n) is 7.91. The molecule has 0 spiro atoms. The second kappa shape index (κ2) is 6.68. The van der Waals surface area contributed by atoms with Crippen molar-refractivity contribution in [3.05, 3.63) is 17.5 Å². The summed E-state index contributed by atoms with van der Waals surface area (Å²) in [6.07, 6.45) is 5.69. The largest absolute Gasteiger partial charge is 0.353 e. The molecule has 3 rings (SSSR count). The van der Waals surface area contributed by atoms with Gasteiger partial charge in [-0.25, -0.2) is 8.42 Å². The van der Waals surface area contributed by atoms with Crippen LogP contribution in [0.1, 0.15) is 38.5 Å². The molecule has 0 atom stereocenters. The number of carbonyl (C=O) groups excluding carboxylic acids is 1. The number of hydrogen-bond acceptors (Lipinski definition) is 4. The van der Waals surface area contributed by atoms with Gasteiger partial charge in [0.25, 0.3) is 10.0 Å². The van der Waals surface area contributed by atoms with Gasteiger partial charge < -0.3 is 5.32 Å².